The van der Waals surface area contributed by atoms with Gasteiger partial charge in [-0.05, 0) is 23.3 Å². The van der Waals surface area contributed by atoms with Gasteiger partial charge in [0.25, 0.3) is 0 Å². The van der Waals surface area contributed by atoms with Crippen LogP contribution in [0.15, 0.2) is 30.3 Å². The van der Waals surface area contributed by atoms with E-state index in [0.717, 1.165) is 6.42 Å². The first-order valence-corrected chi connectivity index (χ1v) is 8.41. The Bertz CT molecular complexity index is 578. The van der Waals surface area contributed by atoms with Crippen molar-refractivity contribution in [3.8, 4) is 0 Å². The molecule has 0 heterocycles. The van der Waals surface area contributed by atoms with Crippen LogP contribution in [0.1, 0.15) is 59.4 Å². The summed E-state index contributed by atoms with van der Waals surface area (Å²) in [6, 6.07) is 9.68. The minimum atomic E-state index is -0.465. The molecule has 0 aromatic heterocycles. The van der Waals surface area contributed by atoms with Crippen molar-refractivity contribution in [2.45, 2.75) is 59.9 Å². The maximum Gasteiger partial charge on any atom is 0.224 e. The molecule has 0 bridgehead atoms. The van der Waals surface area contributed by atoms with E-state index in [4.69, 9.17) is 0 Å². The smallest absolute Gasteiger partial charge is 0.224 e. The highest BCUT2D eigenvalue weighted by Gasteiger charge is 2.46. The molecule has 1 aromatic rings. The van der Waals surface area contributed by atoms with Gasteiger partial charge >= 0.3 is 0 Å². The van der Waals surface area contributed by atoms with Crippen molar-refractivity contribution in [2.75, 3.05) is 0 Å². The summed E-state index contributed by atoms with van der Waals surface area (Å²) in [5, 5.41) is 3.04. The predicted molar refractivity (Wildman–Crippen MR) is 93.1 cm³/mol. The largest absolute Gasteiger partial charge is 0.345 e. The molecule has 3 atom stereocenters. The molecular formula is C20H29NO2. The fourth-order valence-corrected chi connectivity index (χ4v) is 2.91. The van der Waals surface area contributed by atoms with Crippen LogP contribution in [0.3, 0.4) is 0 Å². The molecule has 126 valence electrons. The third-order valence-electron chi connectivity index (χ3n) is 4.51. The molecule has 1 saturated carbocycles. The maximum atomic E-state index is 12.7. The Morgan fingerprint density at radius 1 is 1.04 bits per heavy atom. The molecule has 2 rings (SSSR count). The van der Waals surface area contributed by atoms with Crippen LogP contribution in [0.2, 0.25) is 0 Å². The summed E-state index contributed by atoms with van der Waals surface area (Å²) in [5.74, 6) is 0.392. The van der Waals surface area contributed by atoms with Crippen LogP contribution in [0.4, 0.5) is 0 Å². The van der Waals surface area contributed by atoms with Crippen molar-refractivity contribution in [1.29, 1.82) is 0 Å². The van der Waals surface area contributed by atoms with Crippen LogP contribution in [0, 0.1) is 16.7 Å². The van der Waals surface area contributed by atoms with E-state index >= 15 is 0 Å². The fourth-order valence-electron chi connectivity index (χ4n) is 2.91. The van der Waals surface area contributed by atoms with Crippen LogP contribution in [0.5, 0.6) is 0 Å². The number of carbonyl (C=O) groups excluding carboxylic acids is 2. The molecular weight excluding hydrogens is 286 g/mol. The lowest BCUT2D eigenvalue weighted by Gasteiger charge is -2.34. The van der Waals surface area contributed by atoms with E-state index in [0.29, 0.717) is 5.92 Å². The van der Waals surface area contributed by atoms with E-state index in [1.165, 1.54) is 5.56 Å². The number of nitrogens with one attached hydrogen (secondary N) is 1. The van der Waals surface area contributed by atoms with E-state index in [-0.39, 0.29) is 23.0 Å². The third kappa shape index (κ3) is 4.21. The summed E-state index contributed by atoms with van der Waals surface area (Å²) in [6.07, 6.45) is 0.871. The Hall–Kier alpha value is -1.64. The summed E-state index contributed by atoms with van der Waals surface area (Å²) >= 11 is 0. The van der Waals surface area contributed by atoms with Crippen molar-refractivity contribution in [3.63, 3.8) is 0 Å². The average molecular weight is 315 g/mol. The van der Waals surface area contributed by atoms with Gasteiger partial charge in [0.2, 0.25) is 5.91 Å². The topological polar surface area (TPSA) is 46.2 Å². The van der Waals surface area contributed by atoms with Crippen LogP contribution in [0.25, 0.3) is 0 Å². The van der Waals surface area contributed by atoms with E-state index in [9.17, 15) is 9.59 Å². The lowest BCUT2D eigenvalue weighted by molar-refractivity contribution is -0.135. The second-order valence-electron chi connectivity index (χ2n) is 8.78. The number of rotatable bonds is 4. The van der Waals surface area contributed by atoms with Crippen molar-refractivity contribution in [2.24, 2.45) is 16.7 Å². The van der Waals surface area contributed by atoms with Gasteiger partial charge in [-0.1, -0.05) is 71.9 Å². The van der Waals surface area contributed by atoms with Gasteiger partial charge in [-0.2, -0.15) is 0 Å². The molecule has 1 N–H and O–H groups in total. The molecule has 3 heteroatoms. The van der Waals surface area contributed by atoms with E-state index < -0.39 is 11.5 Å². The van der Waals surface area contributed by atoms with Gasteiger partial charge in [0.1, 0.15) is 0 Å². The Balaban J connectivity index is 2.07. The third-order valence-corrected chi connectivity index (χ3v) is 4.51. The molecule has 3 nitrogen and oxygen atoms in total. The first kappa shape index (κ1) is 17.7. The first-order valence-electron chi connectivity index (χ1n) is 8.41. The van der Waals surface area contributed by atoms with Crippen LogP contribution in [-0.2, 0) is 9.59 Å². The number of hydrogen-bond acceptors (Lipinski definition) is 2. The average Bonchev–Trinajstić information content (AvgIpc) is 3.23. The van der Waals surface area contributed by atoms with Crippen molar-refractivity contribution >= 4 is 11.7 Å². The summed E-state index contributed by atoms with van der Waals surface area (Å²) in [6.45, 7) is 11.7. The zero-order chi connectivity index (χ0) is 17.4. The quantitative estimate of drug-likeness (QED) is 0.915. The molecule has 3 unspecified atom stereocenters. The predicted octanol–water partition coefficient (Wildman–Crippen LogP) is 3.94. The lowest BCUT2D eigenvalue weighted by atomic mass is 9.75. The summed E-state index contributed by atoms with van der Waals surface area (Å²) in [7, 11) is 0. The van der Waals surface area contributed by atoms with Crippen molar-refractivity contribution < 1.29 is 9.59 Å². The van der Waals surface area contributed by atoms with E-state index in [1.807, 2.05) is 59.7 Å². The highest BCUT2D eigenvalue weighted by atomic mass is 16.2. The van der Waals surface area contributed by atoms with Crippen LogP contribution < -0.4 is 5.32 Å². The summed E-state index contributed by atoms with van der Waals surface area (Å²) in [4.78, 5) is 25.3. The molecule has 1 aliphatic carbocycles. The highest BCUT2D eigenvalue weighted by Crippen LogP contribution is 2.47. The number of amides is 1. The molecule has 0 aliphatic heterocycles. The monoisotopic (exact) mass is 315 g/mol. The lowest BCUT2D eigenvalue weighted by Crippen LogP contribution is -2.53. The Morgan fingerprint density at radius 3 is 2.09 bits per heavy atom. The van der Waals surface area contributed by atoms with Crippen LogP contribution in [-0.4, -0.2) is 17.7 Å². The molecule has 0 radical (unpaired) electrons. The van der Waals surface area contributed by atoms with Gasteiger partial charge in [-0.25, -0.2) is 0 Å². The van der Waals surface area contributed by atoms with Crippen LogP contribution >= 0.6 is 0 Å². The second kappa shape index (κ2) is 6.10. The number of carbonyl (C=O) groups is 2. The Kier molecular flexibility index (Phi) is 4.70. The minimum absolute atomic E-state index is 0.00461. The fraction of sp³-hybridized carbons (Fsp3) is 0.600. The Morgan fingerprint density at radius 2 is 1.61 bits per heavy atom. The zero-order valence-corrected chi connectivity index (χ0v) is 15.1. The number of benzene rings is 1. The second-order valence-corrected chi connectivity index (χ2v) is 8.78. The molecule has 1 amide bonds. The van der Waals surface area contributed by atoms with Gasteiger partial charge in [0, 0.05) is 11.3 Å². The van der Waals surface area contributed by atoms with Gasteiger partial charge in [0.05, 0.1) is 6.04 Å². The molecule has 0 saturated heterocycles. The van der Waals surface area contributed by atoms with Crippen molar-refractivity contribution in [1.82, 2.24) is 5.32 Å². The Labute approximate surface area is 139 Å². The zero-order valence-electron chi connectivity index (χ0n) is 15.1. The molecule has 1 fully saturated rings. The van der Waals surface area contributed by atoms with Gasteiger partial charge in [-0.3, -0.25) is 9.59 Å². The van der Waals surface area contributed by atoms with E-state index in [2.05, 4.69) is 17.4 Å². The molecule has 23 heavy (non-hydrogen) atoms. The standard InChI is InChI=1S/C20H29NO2/c1-19(2,3)16(17(22)20(4,5)6)21-18(23)15-12-14(15)13-10-8-7-9-11-13/h7-11,14-16H,12H2,1-6H3,(H,21,23). The van der Waals surface area contributed by atoms with Gasteiger partial charge in [-0.15, -0.1) is 0 Å². The maximum absolute atomic E-state index is 12.7. The normalized spacial score (nSPS) is 22.3. The number of Topliss-reactive ketones (excluding diaryl/α,β-unsaturated/α-hetero) is 1. The van der Waals surface area contributed by atoms with Gasteiger partial charge < -0.3 is 5.32 Å². The first-order chi connectivity index (χ1) is 10.5. The summed E-state index contributed by atoms with van der Waals surface area (Å²) in [5.41, 5.74) is 0.451. The summed E-state index contributed by atoms with van der Waals surface area (Å²) < 4.78 is 0. The van der Waals surface area contributed by atoms with Gasteiger partial charge in [0.15, 0.2) is 5.78 Å². The molecule has 0 spiro atoms. The van der Waals surface area contributed by atoms with Crippen molar-refractivity contribution in [3.05, 3.63) is 35.9 Å². The number of hydrogen-bond donors (Lipinski definition) is 1. The number of ketones is 1. The molecule has 1 aromatic carbocycles. The highest BCUT2D eigenvalue weighted by molar-refractivity contribution is 5.94. The van der Waals surface area contributed by atoms with E-state index in [1.54, 1.807) is 0 Å². The SMILES string of the molecule is CC(C)(C)C(=O)C(NC(=O)C1CC1c1ccccc1)C(C)(C)C. The molecule has 1 aliphatic rings. The minimum Gasteiger partial charge on any atom is -0.345 e.